The number of hydrogen-bond donors (Lipinski definition) is 1. The van der Waals surface area contributed by atoms with Gasteiger partial charge in [-0.2, -0.15) is 0 Å². The zero-order valence-corrected chi connectivity index (χ0v) is 12.0. The zero-order chi connectivity index (χ0) is 13.2. The van der Waals surface area contributed by atoms with Crippen LogP contribution in [-0.2, 0) is 11.3 Å². The van der Waals surface area contributed by atoms with Crippen molar-refractivity contribution >= 4 is 5.95 Å². The van der Waals surface area contributed by atoms with Crippen LogP contribution < -0.4 is 5.32 Å². The van der Waals surface area contributed by atoms with Gasteiger partial charge in [-0.15, -0.1) is 0 Å². The molecule has 0 aliphatic heterocycles. The third-order valence-corrected chi connectivity index (χ3v) is 2.96. The summed E-state index contributed by atoms with van der Waals surface area (Å²) < 4.78 is 7.27. The van der Waals surface area contributed by atoms with Crippen molar-refractivity contribution < 1.29 is 4.74 Å². The number of nitrogens with one attached hydrogen (secondary N) is 1. The van der Waals surface area contributed by atoms with Crippen molar-refractivity contribution in [1.29, 1.82) is 0 Å². The topological polar surface area (TPSA) is 39.1 Å². The molecule has 0 unspecified atom stereocenters. The number of nitrogens with zero attached hydrogens (tertiary/aromatic N) is 2. The lowest BCUT2D eigenvalue weighted by Crippen LogP contribution is -2.09. The largest absolute Gasteiger partial charge is 0.385 e. The van der Waals surface area contributed by atoms with Gasteiger partial charge in [-0.1, -0.05) is 26.2 Å². The first-order valence-corrected chi connectivity index (χ1v) is 7.04. The molecule has 1 aromatic heterocycles. The smallest absolute Gasteiger partial charge is 0.203 e. The number of unbranched alkanes of at least 4 members (excludes halogenated alkanes) is 3. The molecule has 0 aromatic carbocycles. The predicted molar refractivity (Wildman–Crippen MR) is 76.1 cm³/mol. The van der Waals surface area contributed by atoms with Crippen molar-refractivity contribution in [2.75, 3.05) is 25.6 Å². The summed E-state index contributed by atoms with van der Waals surface area (Å²) in [6.45, 7) is 7.05. The highest BCUT2D eigenvalue weighted by Crippen LogP contribution is 2.10. The zero-order valence-electron chi connectivity index (χ0n) is 12.0. The van der Waals surface area contributed by atoms with Crippen LogP contribution in [-0.4, -0.2) is 29.8 Å². The summed E-state index contributed by atoms with van der Waals surface area (Å²) in [6, 6.07) is 0. The molecule has 0 atom stereocenters. The number of ether oxygens (including phenoxy) is 1. The first-order chi connectivity index (χ1) is 8.77. The Hall–Kier alpha value is -1.03. The third-order valence-electron chi connectivity index (χ3n) is 2.96. The van der Waals surface area contributed by atoms with Crippen molar-refractivity contribution in [2.24, 2.45) is 0 Å². The molecule has 1 rings (SSSR count). The van der Waals surface area contributed by atoms with Crippen LogP contribution in [0.5, 0.6) is 0 Å². The minimum absolute atomic E-state index is 0.799. The van der Waals surface area contributed by atoms with Gasteiger partial charge in [0, 0.05) is 33.0 Å². The Morgan fingerprint density at radius 1 is 1.28 bits per heavy atom. The third kappa shape index (κ3) is 5.54. The van der Waals surface area contributed by atoms with Gasteiger partial charge in [0.25, 0.3) is 0 Å². The van der Waals surface area contributed by atoms with Crippen LogP contribution in [0.2, 0.25) is 0 Å². The summed E-state index contributed by atoms with van der Waals surface area (Å²) in [5.74, 6) is 1.00. The quantitative estimate of drug-likeness (QED) is 0.651. The number of anilines is 1. The van der Waals surface area contributed by atoms with E-state index in [9.17, 15) is 0 Å². The Balaban J connectivity index is 2.33. The van der Waals surface area contributed by atoms with Crippen LogP contribution in [0.3, 0.4) is 0 Å². The van der Waals surface area contributed by atoms with E-state index in [-0.39, 0.29) is 0 Å². The summed E-state index contributed by atoms with van der Waals surface area (Å²) in [4.78, 5) is 4.52. The molecule has 0 spiro atoms. The SMILES string of the molecule is CCCCCCNc1nc(C)cn1CCCOC. The second-order valence-electron chi connectivity index (χ2n) is 4.73. The molecule has 0 bridgehead atoms. The minimum atomic E-state index is 0.799. The standard InChI is InChI=1S/C14H27N3O/c1-4-5-6-7-9-15-14-16-13(2)12-17(14)10-8-11-18-3/h12H,4-11H2,1-3H3,(H,15,16). The fourth-order valence-corrected chi connectivity index (χ4v) is 1.99. The highest BCUT2D eigenvalue weighted by atomic mass is 16.5. The maximum Gasteiger partial charge on any atom is 0.203 e. The molecule has 0 saturated heterocycles. The molecule has 1 heterocycles. The van der Waals surface area contributed by atoms with Crippen LogP contribution in [0, 0.1) is 6.92 Å². The molecular weight excluding hydrogens is 226 g/mol. The molecule has 0 radical (unpaired) electrons. The van der Waals surface area contributed by atoms with E-state index in [1.807, 2.05) is 6.92 Å². The number of aromatic nitrogens is 2. The molecule has 0 amide bonds. The van der Waals surface area contributed by atoms with E-state index in [1.54, 1.807) is 7.11 Å². The highest BCUT2D eigenvalue weighted by Gasteiger charge is 2.04. The molecule has 4 nitrogen and oxygen atoms in total. The summed E-state index contributed by atoms with van der Waals surface area (Å²) in [5.41, 5.74) is 1.07. The Morgan fingerprint density at radius 3 is 2.83 bits per heavy atom. The summed E-state index contributed by atoms with van der Waals surface area (Å²) in [6.07, 6.45) is 8.25. The molecule has 18 heavy (non-hydrogen) atoms. The van der Waals surface area contributed by atoms with Gasteiger partial charge in [-0.3, -0.25) is 0 Å². The second-order valence-corrected chi connectivity index (χ2v) is 4.73. The van der Waals surface area contributed by atoms with Crippen LogP contribution in [0.4, 0.5) is 5.95 Å². The number of methoxy groups -OCH3 is 1. The number of hydrogen-bond acceptors (Lipinski definition) is 3. The molecule has 104 valence electrons. The Bertz CT molecular complexity index is 323. The Morgan fingerprint density at radius 2 is 2.11 bits per heavy atom. The highest BCUT2D eigenvalue weighted by molar-refractivity contribution is 5.28. The lowest BCUT2D eigenvalue weighted by atomic mass is 10.2. The van der Waals surface area contributed by atoms with Crippen molar-refractivity contribution in [1.82, 2.24) is 9.55 Å². The van der Waals surface area contributed by atoms with Crippen molar-refractivity contribution in [3.05, 3.63) is 11.9 Å². The number of imidazole rings is 1. The van der Waals surface area contributed by atoms with Crippen LogP contribution in [0.1, 0.15) is 44.7 Å². The van der Waals surface area contributed by atoms with Crippen molar-refractivity contribution in [3.63, 3.8) is 0 Å². The lowest BCUT2D eigenvalue weighted by Gasteiger charge is -2.09. The van der Waals surface area contributed by atoms with Gasteiger partial charge in [0.2, 0.25) is 5.95 Å². The summed E-state index contributed by atoms with van der Waals surface area (Å²) in [5, 5.41) is 3.43. The fourth-order valence-electron chi connectivity index (χ4n) is 1.99. The minimum Gasteiger partial charge on any atom is -0.385 e. The van der Waals surface area contributed by atoms with Crippen LogP contribution in [0.15, 0.2) is 6.20 Å². The average molecular weight is 253 g/mol. The van der Waals surface area contributed by atoms with Gasteiger partial charge in [0.05, 0.1) is 5.69 Å². The molecule has 0 aliphatic rings. The van der Waals surface area contributed by atoms with E-state index >= 15 is 0 Å². The van der Waals surface area contributed by atoms with E-state index in [0.29, 0.717) is 0 Å². The van der Waals surface area contributed by atoms with E-state index in [1.165, 1.54) is 25.7 Å². The predicted octanol–water partition coefficient (Wildman–Crippen LogP) is 3.22. The first-order valence-electron chi connectivity index (χ1n) is 7.04. The van der Waals surface area contributed by atoms with Gasteiger partial charge in [0.1, 0.15) is 0 Å². The van der Waals surface area contributed by atoms with E-state index < -0.39 is 0 Å². The van der Waals surface area contributed by atoms with E-state index in [4.69, 9.17) is 4.74 Å². The van der Waals surface area contributed by atoms with E-state index in [0.717, 1.165) is 37.8 Å². The Kier molecular flexibility index (Phi) is 7.49. The molecule has 1 aromatic rings. The van der Waals surface area contributed by atoms with Crippen LogP contribution in [0.25, 0.3) is 0 Å². The fraction of sp³-hybridized carbons (Fsp3) is 0.786. The lowest BCUT2D eigenvalue weighted by molar-refractivity contribution is 0.190. The first kappa shape index (κ1) is 15.0. The maximum atomic E-state index is 5.08. The van der Waals surface area contributed by atoms with Crippen molar-refractivity contribution in [3.8, 4) is 0 Å². The van der Waals surface area contributed by atoms with Gasteiger partial charge in [0.15, 0.2) is 0 Å². The Labute approximate surface area is 111 Å². The van der Waals surface area contributed by atoms with Crippen LogP contribution >= 0.6 is 0 Å². The average Bonchev–Trinajstić information content (AvgIpc) is 2.70. The van der Waals surface area contributed by atoms with Gasteiger partial charge >= 0.3 is 0 Å². The maximum absolute atomic E-state index is 5.08. The monoisotopic (exact) mass is 253 g/mol. The molecular formula is C14H27N3O. The normalized spacial score (nSPS) is 10.8. The number of rotatable bonds is 10. The van der Waals surface area contributed by atoms with Gasteiger partial charge in [-0.05, 0) is 19.8 Å². The molecule has 4 heteroatoms. The molecule has 0 saturated carbocycles. The molecule has 0 fully saturated rings. The van der Waals surface area contributed by atoms with E-state index in [2.05, 4.69) is 28.0 Å². The summed E-state index contributed by atoms with van der Waals surface area (Å²) >= 11 is 0. The molecule has 1 N–H and O–H groups in total. The van der Waals surface area contributed by atoms with Crippen molar-refractivity contribution in [2.45, 2.75) is 52.5 Å². The second kappa shape index (κ2) is 8.97. The van der Waals surface area contributed by atoms with Gasteiger partial charge in [-0.25, -0.2) is 4.98 Å². The van der Waals surface area contributed by atoms with Gasteiger partial charge < -0.3 is 14.6 Å². The summed E-state index contributed by atoms with van der Waals surface area (Å²) in [7, 11) is 1.74. The number of aryl methyl sites for hydroxylation is 2. The molecule has 0 aliphatic carbocycles.